The highest BCUT2D eigenvalue weighted by atomic mass is 32.1. The lowest BCUT2D eigenvalue weighted by Crippen LogP contribution is -2.08. The summed E-state index contributed by atoms with van der Waals surface area (Å²) in [4.78, 5) is 6.80. The third kappa shape index (κ3) is 1.94. The third-order valence-corrected chi connectivity index (χ3v) is 3.99. The third-order valence-electron chi connectivity index (χ3n) is 2.91. The van der Waals surface area contributed by atoms with Crippen LogP contribution in [0, 0.1) is 13.8 Å². The Morgan fingerprint density at radius 3 is 2.78 bits per heavy atom. The molecule has 0 aromatic carbocycles. The summed E-state index contributed by atoms with van der Waals surface area (Å²) in [6.45, 7) is 4.04. The van der Waals surface area contributed by atoms with Gasteiger partial charge < -0.3 is 10.2 Å². The van der Waals surface area contributed by atoms with Gasteiger partial charge in [0, 0.05) is 21.5 Å². The van der Waals surface area contributed by atoms with Crippen molar-refractivity contribution < 1.29 is 4.42 Å². The highest BCUT2D eigenvalue weighted by molar-refractivity contribution is 7.12. The normalized spacial score (nSPS) is 13.1. The summed E-state index contributed by atoms with van der Waals surface area (Å²) in [6.07, 6.45) is 0. The van der Waals surface area contributed by atoms with Gasteiger partial charge in [0.2, 0.25) is 0 Å². The summed E-state index contributed by atoms with van der Waals surface area (Å²) in [5.41, 5.74) is 8.86. The molecule has 18 heavy (non-hydrogen) atoms. The number of nitrogens with zero attached hydrogens (tertiary/aromatic N) is 1. The lowest BCUT2D eigenvalue weighted by Gasteiger charge is -2.04. The van der Waals surface area contributed by atoms with Crippen molar-refractivity contribution in [1.82, 2.24) is 4.98 Å². The molecule has 1 atom stereocenters. The van der Waals surface area contributed by atoms with Crippen LogP contribution in [0.5, 0.6) is 0 Å². The summed E-state index contributed by atoms with van der Waals surface area (Å²) >= 11 is 1.70. The second kappa shape index (κ2) is 4.23. The van der Waals surface area contributed by atoms with E-state index in [2.05, 4.69) is 24.0 Å². The van der Waals surface area contributed by atoms with Crippen LogP contribution in [0.15, 0.2) is 34.7 Å². The van der Waals surface area contributed by atoms with Gasteiger partial charge in [-0.15, -0.1) is 11.3 Å². The van der Waals surface area contributed by atoms with Gasteiger partial charge >= 0.3 is 0 Å². The van der Waals surface area contributed by atoms with E-state index in [1.54, 1.807) is 11.3 Å². The topological polar surface area (TPSA) is 52.0 Å². The highest BCUT2D eigenvalue weighted by Gasteiger charge is 2.16. The van der Waals surface area contributed by atoms with E-state index in [9.17, 15) is 0 Å². The summed E-state index contributed by atoms with van der Waals surface area (Å²) in [7, 11) is 0. The molecule has 0 radical (unpaired) electrons. The molecule has 3 heterocycles. The predicted octanol–water partition coefficient (Wildman–Crippen LogP) is 3.55. The Bertz CT molecular complexity index is 699. The van der Waals surface area contributed by atoms with E-state index < -0.39 is 0 Å². The SMILES string of the molecule is Cc1ccc2oc(C(N)c3ccc(C)s3)cc2n1. The molecule has 0 aliphatic carbocycles. The Morgan fingerprint density at radius 2 is 2.06 bits per heavy atom. The molecule has 4 heteroatoms. The van der Waals surface area contributed by atoms with Crippen molar-refractivity contribution in [3.05, 3.63) is 51.5 Å². The van der Waals surface area contributed by atoms with Gasteiger partial charge in [-0.05, 0) is 38.1 Å². The minimum absolute atomic E-state index is 0.210. The Balaban J connectivity index is 2.03. The Kier molecular flexibility index (Phi) is 2.69. The van der Waals surface area contributed by atoms with Crippen LogP contribution in [0.1, 0.15) is 27.3 Å². The molecule has 0 saturated heterocycles. The van der Waals surface area contributed by atoms with Crippen LogP contribution in [-0.4, -0.2) is 4.98 Å². The van der Waals surface area contributed by atoms with Crippen LogP contribution in [0.4, 0.5) is 0 Å². The van der Waals surface area contributed by atoms with Crippen LogP contribution < -0.4 is 5.73 Å². The smallest absolute Gasteiger partial charge is 0.152 e. The Hall–Kier alpha value is -1.65. The van der Waals surface area contributed by atoms with Gasteiger partial charge in [0.25, 0.3) is 0 Å². The first-order chi connectivity index (χ1) is 8.63. The van der Waals surface area contributed by atoms with Crippen LogP contribution in [0.3, 0.4) is 0 Å². The molecule has 0 aliphatic heterocycles. The second-order valence-electron chi connectivity index (χ2n) is 4.41. The second-order valence-corrected chi connectivity index (χ2v) is 5.73. The zero-order valence-electron chi connectivity index (χ0n) is 10.3. The van der Waals surface area contributed by atoms with Crippen LogP contribution in [-0.2, 0) is 0 Å². The van der Waals surface area contributed by atoms with E-state index in [-0.39, 0.29) is 6.04 Å². The first-order valence-electron chi connectivity index (χ1n) is 5.82. The van der Waals surface area contributed by atoms with E-state index in [0.29, 0.717) is 0 Å². The molecule has 0 aliphatic rings. The van der Waals surface area contributed by atoms with E-state index in [1.807, 2.05) is 25.1 Å². The number of fused-ring (bicyclic) bond motifs is 1. The zero-order chi connectivity index (χ0) is 12.7. The number of rotatable bonds is 2. The van der Waals surface area contributed by atoms with Gasteiger partial charge in [-0.2, -0.15) is 0 Å². The van der Waals surface area contributed by atoms with Crippen LogP contribution in [0.2, 0.25) is 0 Å². The van der Waals surface area contributed by atoms with Crippen LogP contribution >= 0.6 is 11.3 Å². The van der Waals surface area contributed by atoms with Gasteiger partial charge in [0.15, 0.2) is 5.58 Å². The maximum absolute atomic E-state index is 6.22. The Labute approximate surface area is 109 Å². The van der Waals surface area contributed by atoms with E-state index in [0.717, 1.165) is 27.4 Å². The van der Waals surface area contributed by atoms with Crippen molar-refractivity contribution in [2.24, 2.45) is 5.73 Å². The average Bonchev–Trinajstić information content (AvgIpc) is 2.93. The fourth-order valence-electron chi connectivity index (χ4n) is 1.96. The molecule has 3 aromatic heterocycles. The number of furan rings is 1. The molecule has 1 unspecified atom stereocenters. The average molecular weight is 258 g/mol. The largest absolute Gasteiger partial charge is 0.457 e. The number of hydrogen-bond acceptors (Lipinski definition) is 4. The molecular weight excluding hydrogens is 244 g/mol. The molecule has 0 spiro atoms. The standard InChI is InChI=1S/C14H14N2OS/c1-8-3-5-11-10(16-8)7-12(17-11)14(15)13-6-4-9(2)18-13/h3-7,14H,15H2,1-2H3. The monoisotopic (exact) mass is 258 g/mol. The fraction of sp³-hybridized carbons (Fsp3) is 0.214. The maximum atomic E-state index is 6.22. The lowest BCUT2D eigenvalue weighted by atomic mass is 10.2. The van der Waals surface area contributed by atoms with Crippen molar-refractivity contribution in [3.63, 3.8) is 0 Å². The van der Waals surface area contributed by atoms with Gasteiger partial charge in [-0.3, -0.25) is 0 Å². The molecular formula is C14H14N2OS. The summed E-state index contributed by atoms with van der Waals surface area (Å²) in [5, 5.41) is 0. The summed E-state index contributed by atoms with van der Waals surface area (Å²) in [6, 6.07) is 9.73. The quantitative estimate of drug-likeness (QED) is 0.764. The maximum Gasteiger partial charge on any atom is 0.152 e. The van der Waals surface area contributed by atoms with Crippen molar-refractivity contribution in [1.29, 1.82) is 0 Å². The summed E-state index contributed by atoms with van der Waals surface area (Å²) < 4.78 is 5.77. The lowest BCUT2D eigenvalue weighted by molar-refractivity contribution is 0.527. The van der Waals surface area contributed by atoms with Crippen molar-refractivity contribution in [2.45, 2.75) is 19.9 Å². The predicted molar refractivity (Wildman–Crippen MR) is 73.8 cm³/mol. The molecule has 0 fully saturated rings. The molecule has 0 bridgehead atoms. The van der Waals surface area contributed by atoms with Crippen molar-refractivity contribution >= 4 is 22.4 Å². The van der Waals surface area contributed by atoms with E-state index >= 15 is 0 Å². The van der Waals surface area contributed by atoms with Gasteiger partial charge in [-0.1, -0.05) is 0 Å². The van der Waals surface area contributed by atoms with Gasteiger partial charge in [0.1, 0.15) is 11.3 Å². The first kappa shape index (κ1) is 11.4. The number of thiophene rings is 1. The van der Waals surface area contributed by atoms with Crippen molar-refractivity contribution in [3.8, 4) is 0 Å². The van der Waals surface area contributed by atoms with Crippen LogP contribution in [0.25, 0.3) is 11.1 Å². The van der Waals surface area contributed by atoms with E-state index in [1.165, 1.54) is 4.88 Å². The Morgan fingerprint density at radius 1 is 1.22 bits per heavy atom. The van der Waals surface area contributed by atoms with Crippen molar-refractivity contribution in [2.75, 3.05) is 0 Å². The molecule has 3 rings (SSSR count). The minimum atomic E-state index is -0.210. The number of aryl methyl sites for hydroxylation is 2. The van der Waals surface area contributed by atoms with Gasteiger partial charge in [0.05, 0.1) is 6.04 Å². The number of pyridine rings is 1. The minimum Gasteiger partial charge on any atom is -0.457 e. The van der Waals surface area contributed by atoms with Gasteiger partial charge in [-0.25, -0.2) is 4.98 Å². The number of aromatic nitrogens is 1. The fourth-order valence-corrected chi connectivity index (χ4v) is 2.85. The molecule has 0 saturated carbocycles. The number of hydrogen-bond donors (Lipinski definition) is 1. The molecule has 2 N–H and O–H groups in total. The number of nitrogens with two attached hydrogens (primary N) is 1. The molecule has 3 nitrogen and oxygen atoms in total. The molecule has 92 valence electrons. The highest BCUT2D eigenvalue weighted by Crippen LogP contribution is 2.29. The summed E-state index contributed by atoms with van der Waals surface area (Å²) in [5.74, 6) is 0.768. The molecule has 3 aromatic rings. The zero-order valence-corrected chi connectivity index (χ0v) is 11.1. The molecule has 0 amide bonds. The van der Waals surface area contributed by atoms with E-state index in [4.69, 9.17) is 10.2 Å². The first-order valence-corrected chi connectivity index (χ1v) is 6.64.